The highest BCUT2D eigenvalue weighted by atomic mass is 32.2. The molecular formula is C14H21NO4S. The quantitative estimate of drug-likeness (QED) is 0.740. The van der Waals surface area contributed by atoms with E-state index in [1.165, 1.54) is 18.9 Å². The summed E-state index contributed by atoms with van der Waals surface area (Å²) in [6, 6.07) is 5.74. The predicted molar refractivity (Wildman–Crippen MR) is 80.7 cm³/mol. The monoisotopic (exact) mass is 299 g/mol. The fraction of sp³-hybridized carbons (Fsp3) is 0.500. The first-order chi connectivity index (χ1) is 9.65. The van der Waals surface area contributed by atoms with Gasteiger partial charge in [0.2, 0.25) is 0 Å². The van der Waals surface area contributed by atoms with Crippen molar-refractivity contribution in [3.05, 3.63) is 23.8 Å². The average Bonchev–Trinajstić information content (AvgIpc) is 2.50. The van der Waals surface area contributed by atoms with Gasteiger partial charge in [-0.05, 0) is 25.2 Å². The second kappa shape index (κ2) is 8.71. The van der Waals surface area contributed by atoms with Gasteiger partial charge in [0.05, 0.1) is 27.1 Å². The maximum Gasteiger partial charge on any atom is 0.315 e. The van der Waals surface area contributed by atoms with E-state index in [0.717, 1.165) is 22.8 Å². The Balaban J connectivity index is 2.79. The van der Waals surface area contributed by atoms with E-state index in [4.69, 9.17) is 9.47 Å². The molecule has 0 aliphatic rings. The minimum absolute atomic E-state index is 0.0645. The molecule has 112 valence electrons. The van der Waals surface area contributed by atoms with Crippen LogP contribution in [-0.2, 0) is 9.53 Å². The summed E-state index contributed by atoms with van der Waals surface area (Å²) in [4.78, 5) is 11.1. The average molecular weight is 299 g/mol. The van der Waals surface area contributed by atoms with Gasteiger partial charge in [-0.1, -0.05) is 0 Å². The van der Waals surface area contributed by atoms with Crippen LogP contribution in [0.1, 0.15) is 11.6 Å². The van der Waals surface area contributed by atoms with Crippen molar-refractivity contribution in [2.45, 2.75) is 6.04 Å². The molecule has 5 nitrogen and oxygen atoms in total. The number of hydrogen-bond acceptors (Lipinski definition) is 6. The summed E-state index contributed by atoms with van der Waals surface area (Å²) >= 11 is 1.51. The van der Waals surface area contributed by atoms with Crippen molar-refractivity contribution in [2.24, 2.45) is 0 Å². The molecule has 0 saturated carbocycles. The molecule has 0 fully saturated rings. The number of methoxy groups -OCH3 is 3. The van der Waals surface area contributed by atoms with Gasteiger partial charge in [-0.2, -0.15) is 0 Å². The lowest BCUT2D eigenvalue weighted by Gasteiger charge is -2.19. The molecule has 1 atom stereocenters. The number of carbonyl (C=O) groups excluding carboxylic acids is 1. The highest BCUT2D eigenvalue weighted by Gasteiger charge is 2.16. The second-order valence-electron chi connectivity index (χ2n) is 4.04. The highest BCUT2D eigenvalue weighted by molar-refractivity contribution is 7.99. The lowest BCUT2D eigenvalue weighted by atomic mass is 10.1. The first kappa shape index (κ1) is 16.7. The van der Waals surface area contributed by atoms with Gasteiger partial charge < -0.3 is 19.5 Å². The maximum absolute atomic E-state index is 11.1. The Morgan fingerprint density at radius 3 is 2.60 bits per heavy atom. The molecule has 6 heteroatoms. The molecule has 0 amide bonds. The Morgan fingerprint density at radius 1 is 1.30 bits per heavy atom. The maximum atomic E-state index is 11.1. The molecule has 0 radical (unpaired) electrons. The van der Waals surface area contributed by atoms with Crippen molar-refractivity contribution in [2.75, 3.05) is 39.9 Å². The molecule has 20 heavy (non-hydrogen) atoms. The van der Waals surface area contributed by atoms with E-state index in [1.54, 1.807) is 14.2 Å². The Morgan fingerprint density at radius 2 is 2.05 bits per heavy atom. The molecule has 0 aliphatic carbocycles. The predicted octanol–water partition coefficient (Wildman–Crippen LogP) is 1.87. The van der Waals surface area contributed by atoms with E-state index >= 15 is 0 Å². The second-order valence-corrected chi connectivity index (χ2v) is 5.07. The van der Waals surface area contributed by atoms with Crippen molar-refractivity contribution in [1.29, 1.82) is 0 Å². The minimum atomic E-state index is -0.220. The third kappa shape index (κ3) is 4.61. The minimum Gasteiger partial charge on any atom is -0.497 e. The van der Waals surface area contributed by atoms with Gasteiger partial charge in [-0.15, -0.1) is 11.8 Å². The van der Waals surface area contributed by atoms with Crippen LogP contribution in [0.25, 0.3) is 0 Å². The van der Waals surface area contributed by atoms with Crippen molar-refractivity contribution >= 4 is 17.7 Å². The van der Waals surface area contributed by atoms with Crippen LogP contribution in [0, 0.1) is 0 Å². The smallest absolute Gasteiger partial charge is 0.315 e. The molecule has 0 spiro atoms. The molecule has 0 saturated heterocycles. The number of nitrogens with one attached hydrogen (secondary N) is 1. The topological polar surface area (TPSA) is 56.8 Å². The number of esters is 1. The molecule has 0 heterocycles. The van der Waals surface area contributed by atoms with E-state index in [9.17, 15) is 4.79 Å². The fourth-order valence-corrected chi connectivity index (χ4v) is 2.74. The van der Waals surface area contributed by atoms with Crippen LogP contribution >= 0.6 is 11.8 Å². The molecular weight excluding hydrogens is 278 g/mol. The van der Waals surface area contributed by atoms with Gasteiger partial charge in [-0.3, -0.25) is 4.79 Å². The lowest BCUT2D eigenvalue weighted by Crippen LogP contribution is -2.20. The highest BCUT2D eigenvalue weighted by Crippen LogP contribution is 2.31. The third-order valence-corrected chi connectivity index (χ3v) is 3.90. The summed E-state index contributed by atoms with van der Waals surface area (Å²) in [5.74, 6) is 2.42. The van der Waals surface area contributed by atoms with Crippen molar-refractivity contribution < 1.29 is 19.0 Å². The van der Waals surface area contributed by atoms with Gasteiger partial charge in [0.15, 0.2) is 0 Å². The molecule has 1 aromatic rings. The van der Waals surface area contributed by atoms with Crippen LogP contribution < -0.4 is 14.8 Å². The van der Waals surface area contributed by atoms with Crippen LogP contribution in [0.15, 0.2) is 18.2 Å². The van der Waals surface area contributed by atoms with Crippen LogP contribution in [-0.4, -0.2) is 45.9 Å². The zero-order chi connectivity index (χ0) is 15.0. The van der Waals surface area contributed by atoms with Crippen LogP contribution in [0.2, 0.25) is 0 Å². The summed E-state index contributed by atoms with van der Waals surface area (Å²) in [6.07, 6.45) is 0. The number of hydrogen-bond donors (Lipinski definition) is 1. The molecule has 0 aromatic heterocycles. The molecule has 1 N–H and O–H groups in total. The van der Waals surface area contributed by atoms with Gasteiger partial charge in [0, 0.05) is 17.4 Å². The van der Waals surface area contributed by atoms with E-state index < -0.39 is 0 Å². The molecule has 1 unspecified atom stereocenters. The number of thioether (sulfide) groups is 1. The molecule has 0 aliphatic heterocycles. The van der Waals surface area contributed by atoms with Crippen molar-refractivity contribution in [3.63, 3.8) is 0 Å². The Bertz CT molecular complexity index is 439. The SMILES string of the molecule is CNC(CSCC(=O)OC)c1cc(OC)ccc1OC. The first-order valence-corrected chi connectivity index (χ1v) is 7.35. The van der Waals surface area contributed by atoms with Gasteiger partial charge in [0.1, 0.15) is 11.5 Å². The summed E-state index contributed by atoms with van der Waals surface area (Å²) in [7, 11) is 6.54. The lowest BCUT2D eigenvalue weighted by molar-refractivity contribution is -0.137. The van der Waals surface area contributed by atoms with E-state index in [0.29, 0.717) is 5.75 Å². The van der Waals surface area contributed by atoms with Crippen molar-refractivity contribution in [3.8, 4) is 11.5 Å². The van der Waals surface area contributed by atoms with E-state index in [1.807, 2.05) is 25.2 Å². The van der Waals surface area contributed by atoms with Crippen molar-refractivity contribution in [1.82, 2.24) is 5.32 Å². The zero-order valence-corrected chi connectivity index (χ0v) is 13.1. The summed E-state index contributed by atoms with van der Waals surface area (Å²) in [6.45, 7) is 0. The summed E-state index contributed by atoms with van der Waals surface area (Å²) in [5, 5.41) is 3.23. The largest absolute Gasteiger partial charge is 0.497 e. The summed E-state index contributed by atoms with van der Waals surface area (Å²) < 4.78 is 15.3. The van der Waals surface area contributed by atoms with Crippen LogP contribution in [0.5, 0.6) is 11.5 Å². The molecule has 1 aromatic carbocycles. The molecule has 1 rings (SSSR count). The standard InChI is InChI=1S/C14H21NO4S/c1-15-12(8-20-9-14(16)19-4)11-7-10(17-2)5-6-13(11)18-3/h5-7,12,15H,8-9H2,1-4H3. The number of carbonyl (C=O) groups is 1. The number of benzene rings is 1. The first-order valence-electron chi connectivity index (χ1n) is 6.20. The van der Waals surface area contributed by atoms with Gasteiger partial charge in [-0.25, -0.2) is 0 Å². The van der Waals surface area contributed by atoms with E-state index in [2.05, 4.69) is 10.1 Å². The number of rotatable bonds is 8. The van der Waals surface area contributed by atoms with E-state index in [-0.39, 0.29) is 12.0 Å². The van der Waals surface area contributed by atoms with Crippen LogP contribution in [0.4, 0.5) is 0 Å². The van der Waals surface area contributed by atoms with Crippen LogP contribution in [0.3, 0.4) is 0 Å². The Hall–Kier alpha value is -1.40. The number of ether oxygens (including phenoxy) is 3. The fourth-order valence-electron chi connectivity index (χ4n) is 1.76. The zero-order valence-electron chi connectivity index (χ0n) is 12.3. The normalized spacial score (nSPS) is 11.8. The summed E-state index contributed by atoms with van der Waals surface area (Å²) in [5.41, 5.74) is 1.01. The third-order valence-electron chi connectivity index (χ3n) is 2.89. The van der Waals surface area contributed by atoms with Gasteiger partial charge in [0.25, 0.3) is 0 Å². The molecule has 0 bridgehead atoms. The van der Waals surface area contributed by atoms with Gasteiger partial charge >= 0.3 is 5.97 Å². The Kier molecular flexibility index (Phi) is 7.25. The Labute approximate surface area is 124 Å².